The van der Waals surface area contributed by atoms with Gasteiger partial charge in [0.05, 0.1) is 67.9 Å². The summed E-state index contributed by atoms with van der Waals surface area (Å²) in [7, 11) is 3.06. The van der Waals surface area contributed by atoms with Crippen LogP contribution < -0.4 is 39.8 Å². The Balaban J connectivity index is 0.614. The lowest BCUT2D eigenvalue weighted by atomic mass is 9.83. The second kappa shape index (κ2) is 31.7. The molecule has 1 aliphatic carbocycles. The van der Waals surface area contributed by atoms with Gasteiger partial charge in [0.15, 0.2) is 23.0 Å². The zero-order chi connectivity index (χ0) is 67.4. The van der Waals surface area contributed by atoms with Crippen LogP contribution in [0.5, 0.6) is 23.0 Å². The highest BCUT2D eigenvalue weighted by Crippen LogP contribution is 2.43. The van der Waals surface area contributed by atoms with Gasteiger partial charge in [0.1, 0.15) is 12.1 Å². The fraction of sp³-hybridized carbons (Fsp3) is 0.487. The zero-order valence-corrected chi connectivity index (χ0v) is 56.5. The van der Waals surface area contributed by atoms with Crippen molar-refractivity contribution in [3.05, 3.63) is 119 Å². The fourth-order valence-corrected chi connectivity index (χ4v) is 14.3. The van der Waals surface area contributed by atoms with Crippen LogP contribution in [0.15, 0.2) is 107 Å². The summed E-state index contributed by atoms with van der Waals surface area (Å²) in [5, 5.41) is 8.49. The van der Waals surface area contributed by atoms with Gasteiger partial charge in [-0.2, -0.15) is 0 Å². The molecule has 4 aromatic rings. The highest BCUT2D eigenvalue weighted by Gasteiger charge is 2.42. The van der Waals surface area contributed by atoms with E-state index < -0.39 is 23.9 Å². The van der Waals surface area contributed by atoms with Crippen LogP contribution in [0.3, 0.4) is 0 Å². The number of allylic oxidation sites excluding steroid dienone is 1. The van der Waals surface area contributed by atoms with Crippen molar-refractivity contribution < 1.29 is 52.5 Å². The Kier molecular flexibility index (Phi) is 22.5. The number of hydrogen-bond acceptors (Lipinski definition) is 14. The number of ether oxygens (including phenoxy) is 4. The normalized spacial score (nSPS) is 20.7. The number of carbonyl (C=O) groups excluding carboxylic acids is 7. The standard InChI is InChI=1S/C76H93N9O11/c1-7-50-19-17-32-82(34-31-50)57-29-25-52(26-30-57)55-38-59-45-78-64-43-68(66(94-6)40-62(64)76(92)85(59)47-55)96-36-18-35-95-67-42-63-61(39-65(67)93-5)75(91)84-46-54(37-58(84)44-77-63)51-23-27-56(28-24-51)80-72(88)49(4)79-73(89)71(48(2)3)81-69(86)22-15-12-16-33-83-70(87)41-60(74(83)90)53-20-13-10-8-9-11-14-21-53/h7,23-30,39-40,42-49,53,58-60,71H,8-22,31-38,41H2,1-6H3,(H,79,89)(H,80,88)(H,81,86)/b50-7-/t49-,58-,59-,60?,71?/m0/s1. The summed E-state index contributed by atoms with van der Waals surface area (Å²) in [5.74, 6) is -0.242. The molecule has 0 aromatic heterocycles. The second-order valence-corrected chi connectivity index (χ2v) is 26.8. The second-order valence-electron chi connectivity index (χ2n) is 26.8. The van der Waals surface area contributed by atoms with E-state index in [1.807, 2.05) is 44.6 Å². The monoisotopic (exact) mass is 1310 g/mol. The quantitative estimate of drug-likeness (QED) is 0.0338. The first kappa shape index (κ1) is 68.3. The van der Waals surface area contributed by atoms with E-state index in [1.54, 1.807) is 66.4 Å². The summed E-state index contributed by atoms with van der Waals surface area (Å²) >= 11 is 0. The number of imide groups is 1. The third-order valence-electron chi connectivity index (χ3n) is 19.9. The first-order chi connectivity index (χ1) is 46.6. The number of benzene rings is 4. The Morgan fingerprint density at radius 3 is 1.76 bits per heavy atom. The topological polar surface area (TPSA) is 230 Å². The molecule has 96 heavy (non-hydrogen) atoms. The van der Waals surface area contributed by atoms with Crippen LogP contribution in [0.1, 0.15) is 182 Å². The molecule has 2 unspecified atom stereocenters. The summed E-state index contributed by atoms with van der Waals surface area (Å²) in [6.07, 6.45) is 26.1. The van der Waals surface area contributed by atoms with Crippen LogP contribution in [0.4, 0.5) is 22.7 Å². The van der Waals surface area contributed by atoms with E-state index in [2.05, 4.69) is 58.1 Å². The molecule has 0 radical (unpaired) electrons. The summed E-state index contributed by atoms with van der Waals surface area (Å²) < 4.78 is 23.9. The Bertz CT molecular complexity index is 3700. The summed E-state index contributed by atoms with van der Waals surface area (Å²) in [6.45, 7) is 10.3. The SMILES string of the molecule is C/C=C1/CCCN(c2ccc(C3=CN4C(=O)c5cc(OC)c(OCCCOc6cc7c(cc6OC)C(=O)N6C=C(c8ccc(NC(=O)[C@H](C)NC(=O)C(NC(=O)CCCCCN9C(=O)CC(C%10CCCCCCCC%10)C9=O)C(C)C)cc8)C[C@H]6C=N7)cc5N=C[C@@H]4C3)cc2)CC1. The summed E-state index contributed by atoms with van der Waals surface area (Å²) in [4.78, 5) is 112. The number of fused-ring (bicyclic) bond motifs is 4. The molecule has 6 heterocycles. The molecule has 508 valence electrons. The zero-order valence-electron chi connectivity index (χ0n) is 56.5. The van der Waals surface area contributed by atoms with Crippen molar-refractivity contribution in [3.63, 3.8) is 0 Å². The highest BCUT2D eigenvalue weighted by atomic mass is 16.5. The van der Waals surface area contributed by atoms with Gasteiger partial charge in [0.25, 0.3) is 11.8 Å². The third kappa shape index (κ3) is 16.1. The number of rotatable bonds is 24. The van der Waals surface area contributed by atoms with Crippen molar-refractivity contribution in [1.82, 2.24) is 25.3 Å². The predicted molar refractivity (Wildman–Crippen MR) is 372 cm³/mol. The molecule has 6 aliphatic heterocycles. The van der Waals surface area contributed by atoms with E-state index in [1.165, 1.54) is 49.0 Å². The molecule has 20 nitrogen and oxygen atoms in total. The summed E-state index contributed by atoms with van der Waals surface area (Å²) in [6, 6.07) is 20.4. The number of hydrogen-bond donors (Lipinski definition) is 3. The van der Waals surface area contributed by atoms with Crippen LogP contribution in [0.2, 0.25) is 0 Å². The van der Waals surface area contributed by atoms with Crippen molar-refractivity contribution in [2.45, 2.75) is 174 Å². The molecule has 11 rings (SSSR count). The molecular formula is C76H93N9O11. The minimum absolute atomic E-state index is 0.0279. The lowest BCUT2D eigenvalue weighted by molar-refractivity contribution is -0.140. The van der Waals surface area contributed by atoms with Gasteiger partial charge < -0.3 is 49.6 Å². The van der Waals surface area contributed by atoms with Crippen LogP contribution in [0.25, 0.3) is 11.1 Å². The number of nitrogens with one attached hydrogen (secondary N) is 3. The number of likely N-dealkylation sites (tertiary alicyclic amines) is 1. The first-order valence-electron chi connectivity index (χ1n) is 34.8. The Morgan fingerprint density at radius 2 is 1.20 bits per heavy atom. The number of carbonyl (C=O) groups is 7. The average Bonchev–Trinajstić information content (AvgIpc) is 1.63. The number of anilines is 2. The van der Waals surface area contributed by atoms with Crippen molar-refractivity contribution >= 4 is 87.7 Å². The van der Waals surface area contributed by atoms with E-state index in [0.29, 0.717) is 103 Å². The molecule has 7 amide bonds. The van der Waals surface area contributed by atoms with Gasteiger partial charge >= 0.3 is 0 Å². The smallest absolute Gasteiger partial charge is 0.260 e. The Hall–Kier alpha value is -9.07. The van der Waals surface area contributed by atoms with E-state index in [9.17, 15) is 33.6 Å². The maximum Gasteiger partial charge on any atom is 0.260 e. The molecule has 0 bridgehead atoms. The third-order valence-corrected chi connectivity index (χ3v) is 19.9. The summed E-state index contributed by atoms with van der Waals surface area (Å²) in [5.41, 5.74) is 8.92. The average molecular weight is 1310 g/mol. The molecular weight excluding hydrogens is 1210 g/mol. The van der Waals surface area contributed by atoms with E-state index in [-0.39, 0.29) is 79.0 Å². The van der Waals surface area contributed by atoms with Gasteiger partial charge in [0, 0.05) is 100 Å². The lowest BCUT2D eigenvalue weighted by Crippen LogP contribution is -2.53. The molecule has 0 spiro atoms. The molecule has 3 N–H and O–H groups in total. The molecule has 3 fully saturated rings. The van der Waals surface area contributed by atoms with Gasteiger partial charge in [-0.25, -0.2) is 0 Å². The van der Waals surface area contributed by atoms with Crippen LogP contribution >= 0.6 is 0 Å². The molecule has 1 saturated carbocycles. The molecule has 2 saturated heterocycles. The van der Waals surface area contributed by atoms with E-state index >= 15 is 0 Å². The molecule has 5 atom stereocenters. The maximum atomic E-state index is 14.2. The first-order valence-corrected chi connectivity index (χ1v) is 34.8. The van der Waals surface area contributed by atoms with E-state index in [0.717, 1.165) is 80.3 Å². The lowest BCUT2D eigenvalue weighted by Gasteiger charge is -2.24. The van der Waals surface area contributed by atoms with Crippen molar-refractivity contribution in [1.29, 1.82) is 0 Å². The van der Waals surface area contributed by atoms with Crippen molar-refractivity contribution in [2.75, 3.05) is 57.3 Å². The van der Waals surface area contributed by atoms with Gasteiger partial charge in [-0.05, 0) is 129 Å². The number of methoxy groups -OCH3 is 2. The number of amides is 7. The molecule has 4 aromatic carbocycles. The Labute approximate surface area is 564 Å². The largest absolute Gasteiger partial charge is 0.493 e. The van der Waals surface area contributed by atoms with Crippen molar-refractivity contribution in [3.8, 4) is 23.0 Å². The molecule has 20 heteroatoms. The highest BCUT2D eigenvalue weighted by molar-refractivity contribution is 6.07. The number of aliphatic imine (C=N–C) groups is 2. The van der Waals surface area contributed by atoms with Gasteiger partial charge in [-0.3, -0.25) is 48.4 Å². The predicted octanol–water partition coefficient (Wildman–Crippen LogP) is 12.7. The van der Waals surface area contributed by atoms with Crippen molar-refractivity contribution in [2.24, 2.45) is 27.7 Å². The maximum absolute atomic E-state index is 14.2. The Morgan fingerprint density at radius 1 is 0.625 bits per heavy atom. The number of unbranched alkanes of at least 4 members (excludes halogenated alkanes) is 2. The van der Waals surface area contributed by atoms with E-state index in [4.69, 9.17) is 28.9 Å². The van der Waals surface area contributed by atoms with Gasteiger partial charge in [0.2, 0.25) is 29.5 Å². The van der Waals surface area contributed by atoms with Crippen LogP contribution in [-0.4, -0.2) is 140 Å². The van der Waals surface area contributed by atoms with Crippen LogP contribution in [-0.2, 0) is 24.0 Å². The van der Waals surface area contributed by atoms with Crippen LogP contribution in [0, 0.1) is 17.8 Å². The minimum Gasteiger partial charge on any atom is -0.493 e. The fourth-order valence-electron chi connectivity index (χ4n) is 14.3. The minimum atomic E-state index is -0.924. The molecule has 7 aliphatic rings. The van der Waals surface area contributed by atoms with Gasteiger partial charge in [-0.1, -0.05) is 94.7 Å². The van der Waals surface area contributed by atoms with Gasteiger partial charge in [-0.15, -0.1) is 0 Å². The number of nitrogens with zero attached hydrogens (tertiary/aromatic N) is 6.